The van der Waals surface area contributed by atoms with Crippen LogP contribution in [0.25, 0.3) is 0 Å². The minimum atomic E-state index is 0.846. The van der Waals surface area contributed by atoms with E-state index in [1.54, 1.807) is 0 Å². The number of hydrogen-bond donors (Lipinski definition) is 0. The average Bonchev–Trinajstić information content (AvgIpc) is 1.37. The minimum absolute atomic E-state index is 0.846. The number of rotatable bonds is 0. The van der Waals surface area contributed by atoms with Gasteiger partial charge < -0.3 is 0 Å². The first kappa shape index (κ1) is 5.16. The maximum absolute atomic E-state index is 3.12. The molecule has 0 aromatic rings. The summed E-state index contributed by atoms with van der Waals surface area (Å²) in [5.74, 6) is 0. The van der Waals surface area contributed by atoms with Crippen molar-refractivity contribution in [1.29, 1.82) is 0 Å². The van der Waals surface area contributed by atoms with E-state index >= 15 is 0 Å². The first-order chi connectivity index (χ1) is 1.91. The van der Waals surface area contributed by atoms with Gasteiger partial charge >= 0.3 is 50.6 Å². The van der Waals surface area contributed by atoms with E-state index in [-0.39, 0.29) is 0 Å². The normalized spacial score (nSPS) is 9.75. The fourth-order valence-electron chi connectivity index (χ4n) is 0. The van der Waals surface area contributed by atoms with Gasteiger partial charge in [-0.1, -0.05) is 0 Å². The molecule has 0 unspecified atom stereocenters. The Morgan fingerprint density at radius 2 is 2.00 bits per heavy atom. The molecule has 0 heterocycles. The number of halogens is 1. The fraction of sp³-hybridized carbons (Fsp3) is 0. The van der Waals surface area contributed by atoms with E-state index in [9.17, 15) is 0 Å². The molecule has 0 saturated heterocycles. The Bertz CT molecular complexity index is 21.2. The first-order valence-electron chi connectivity index (χ1n) is 0.960. The maximum atomic E-state index is 3.12. The second kappa shape index (κ2) is 4.16. The van der Waals surface area contributed by atoms with Crippen LogP contribution in [0.1, 0.15) is 0 Å². The molecule has 0 amide bonds. The molecule has 0 aromatic heterocycles. The van der Waals surface area contributed by atoms with Crippen molar-refractivity contribution in [3.63, 3.8) is 0 Å². The predicted octanol–water partition coefficient (Wildman–Crippen LogP) is 1.40. The van der Waals surface area contributed by atoms with Crippen molar-refractivity contribution in [2.75, 3.05) is 0 Å². The third-order valence-corrected chi connectivity index (χ3v) is 4.06. The van der Waals surface area contributed by atoms with Gasteiger partial charge in [-0.3, -0.25) is 0 Å². The zero-order valence-electron chi connectivity index (χ0n) is 2.24. The molecular weight excluding hydrogens is 305 g/mol. The number of hydrogen-bond acceptors (Lipinski definition) is 0. The van der Waals surface area contributed by atoms with E-state index in [1.807, 2.05) is 4.99 Å². The van der Waals surface area contributed by atoms with Crippen molar-refractivity contribution >= 4 is 15.9 Å². The van der Waals surface area contributed by atoms with E-state index in [4.69, 9.17) is 0 Å². The molecule has 0 fully saturated rings. The van der Waals surface area contributed by atoms with Gasteiger partial charge in [0.25, 0.3) is 0 Å². The molecule has 4 heavy (non-hydrogen) atoms. The molecule has 0 radical (unpaired) electrons. The molecular formula is C2H2BrHg. The Labute approximate surface area is 50.4 Å². The Kier molecular flexibility index (Phi) is 5.35. The molecule has 0 saturated carbocycles. The Balaban J connectivity index is 2.55. The standard InChI is InChI=1S/C2H2Br.Hg/c1-2-3;/h1-2H;. The summed E-state index contributed by atoms with van der Waals surface area (Å²) in [6.45, 7) is 0. The molecule has 0 aliphatic carbocycles. The first-order valence-corrected chi connectivity index (χ1v) is 5.05. The van der Waals surface area contributed by atoms with E-state index < -0.39 is 0 Å². The van der Waals surface area contributed by atoms with Gasteiger partial charge in [-0.25, -0.2) is 0 Å². The van der Waals surface area contributed by atoms with Gasteiger partial charge in [0, 0.05) is 0 Å². The predicted molar refractivity (Wildman–Crippen MR) is 18.1 cm³/mol. The van der Waals surface area contributed by atoms with Crippen LogP contribution < -0.4 is 0 Å². The molecule has 19 valence electrons. The summed E-state index contributed by atoms with van der Waals surface area (Å²) in [7, 11) is 0. The van der Waals surface area contributed by atoms with Gasteiger partial charge in [0.15, 0.2) is 0 Å². The molecule has 0 rings (SSSR count). The van der Waals surface area contributed by atoms with Crippen molar-refractivity contribution in [3.05, 3.63) is 8.57 Å². The van der Waals surface area contributed by atoms with Crippen LogP contribution >= 0.6 is 15.9 Å². The van der Waals surface area contributed by atoms with E-state index in [0.29, 0.717) is 0 Å². The van der Waals surface area contributed by atoms with Crippen molar-refractivity contribution in [3.8, 4) is 0 Å². The molecule has 0 aliphatic rings. The van der Waals surface area contributed by atoms with Crippen molar-refractivity contribution < 1.29 is 26.1 Å². The van der Waals surface area contributed by atoms with Crippen LogP contribution in [0.15, 0.2) is 8.57 Å². The molecule has 0 nitrogen and oxygen atoms in total. The molecule has 0 aliphatic heterocycles. The van der Waals surface area contributed by atoms with Gasteiger partial charge in [0.05, 0.1) is 0 Å². The van der Waals surface area contributed by atoms with Crippen molar-refractivity contribution in [2.24, 2.45) is 0 Å². The Morgan fingerprint density at radius 3 is 2.00 bits per heavy atom. The van der Waals surface area contributed by atoms with Gasteiger partial charge in [-0.2, -0.15) is 0 Å². The summed E-state index contributed by atoms with van der Waals surface area (Å²) in [6.07, 6.45) is 0. The van der Waals surface area contributed by atoms with Crippen LogP contribution in [-0.2, 0) is 26.1 Å². The third-order valence-electron chi connectivity index (χ3n) is 0.0891. The SMILES string of the molecule is BrC=[CH][Hg]. The molecule has 0 spiro atoms. The summed E-state index contributed by atoms with van der Waals surface area (Å²) in [4.78, 5) is 1.90. The Morgan fingerprint density at radius 1 is 1.75 bits per heavy atom. The summed E-state index contributed by atoms with van der Waals surface area (Å²) < 4.78 is 2.11. The summed E-state index contributed by atoms with van der Waals surface area (Å²) >= 11 is 3.96. The van der Waals surface area contributed by atoms with E-state index in [1.165, 1.54) is 0 Å². The van der Waals surface area contributed by atoms with Crippen LogP contribution in [-0.4, -0.2) is 0 Å². The van der Waals surface area contributed by atoms with Gasteiger partial charge in [0.1, 0.15) is 0 Å². The van der Waals surface area contributed by atoms with E-state index in [0.717, 1.165) is 26.1 Å². The zero-order chi connectivity index (χ0) is 3.41. The third kappa shape index (κ3) is 3.16. The summed E-state index contributed by atoms with van der Waals surface area (Å²) in [5.41, 5.74) is 0. The van der Waals surface area contributed by atoms with Crippen molar-refractivity contribution in [2.45, 2.75) is 0 Å². The van der Waals surface area contributed by atoms with Gasteiger partial charge in [-0.15, -0.1) is 0 Å². The average molecular weight is 307 g/mol. The van der Waals surface area contributed by atoms with E-state index in [2.05, 4.69) is 19.5 Å². The van der Waals surface area contributed by atoms with Gasteiger partial charge in [-0.05, 0) is 0 Å². The molecule has 2 heteroatoms. The zero-order valence-corrected chi connectivity index (χ0v) is 9.32. The molecule has 0 aromatic carbocycles. The van der Waals surface area contributed by atoms with Gasteiger partial charge in [0.2, 0.25) is 0 Å². The van der Waals surface area contributed by atoms with Crippen LogP contribution in [0, 0.1) is 0 Å². The fourth-order valence-corrected chi connectivity index (χ4v) is 0. The Hall–Kier alpha value is 1.16. The topological polar surface area (TPSA) is 0 Å². The van der Waals surface area contributed by atoms with Crippen LogP contribution in [0.2, 0.25) is 0 Å². The monoisotopic (exact) mass is 307 g/mol. The molecule has 0 N–H and O–H groups in total. The molecule has 0 bridgehead atoms. The summed E-state index contributed by atoms with van der Waals surface area (Å²) in [6, 6.07) is 0. The van der Waals surface area contributed by atoms with Crippen molar-refractivity contribution in [1.82, 2.24) is 0 Å². The van der Waals surface area contributed by atoms with Crippen LogP contribution in [0.4, 0.5) is 0 Å². The second-order valence-corrected chi connectivity index (χ2v) is 2.72. The quantitative estimate of drug-likeness (QED) is 0.594. The summed E-state index contributed by atoms with van der Waals surface area (Å²) in [5, 5.41) is 0. The van der Waals surface area contributed by atoms with Crippen LogP contribution in [0.3, 0.4) is 0 Å². The second-order valence-electron chi connectivity index (χ2n) is 0.362. The van der Waals surface area contributed by atoms with Crippen LogP contribution in [0.5, 0.6) is 0 Å². The molecule has 0 atom stereocenters.